The van der Waals surface area contributed by atoms with Crippen LogP contribution in [0.3, 0.4) is 0 Å². The number of carbonyl (C=O) groups excluding carboxylic acids is 1. The predicted molar refractivity (Wildman–Crippen MR) is 98.5 cm³/mol. The molecule has 1 aromatic heterocycles. The van der Waals surface area contributed by atoms with E-state index in [0.717, 1.165) is 16.5 Å². The van der Waals surface area contributed by atoms with Crippen LogP contribution in [0.25, 0.3) is 0 Å². The van der Waals surface area contributed by atoms with Crippen molar-refractivity contribution >= 4 is 17.7 Å². The molecule has 138 valence electrons. The standard InChI is InChI=1S/C19H23FN4OS/c1-11(13-5-7-15(20)8-6-13)21-18(25)12(2)26-19-23-22-17(14-3-4-14)24(19)16-9-10-16/h5-8,11-12,14,16H,3-4,9-10H2,1-2H3,(H,21,25)/t11-,12+/m0/s1. The largest absolute Gasteiger partial charge is 0.349 e. The molecule has 2 fully saturated rings. The third-order valence-corrected chi connectivity index (χ3v) is 5.98. The van der Waals surface area contributed by atoms with Crippen LogP contribution in [0.15, 0.2) is 29.4 Å². The molecular weight excluding hydrogens is 351 g/mol. The van der Waals surface area contributed by atoms with Crippen LogP contribution in [0.5, 0.6) is 0 Å². The number of hydrogen-bond donors (Lipinski definition) is 1. The molecular formula is C19H23FN4OS. The summed E-state index contributed by atoms with van der Waals surface area (Å²) >= 11 is 1.47. The smallest absolute Gasteiger partial charge is 0.233 e. The van der Waals surface area contributed by atoms with Gasteiger partial charge in [0.05, 0.1) is 11.3 Å². The molecule has 2 aromatic rings. The number of aromatic nitrogens is 3. The molecule has 5 nitrogen and oxygen atoms in total. The van der Waals surface area contributed by atoms with Crippen LogP contribution in [-0.4, -0.2) is 25.9 Å². The summed E-state index contributed by atoms with van der Waals surface area (Å²) in [7, 11) is 0. The first kappa shape index (κ1) is 17.5. The highest BCUT2D eigenvalue weighted by Crippen LogP contribution is 2.46. The molecule has 0 saturated heterocycles. The van der Waals surface area contributed by atoms with Crippen molar-refractivity contribution in [2.24, 2.45) is 0 Å². The van der Waals surface area contributed by atoms with E-state index in [4.69, 9.17) is 0 Å². The van der Waals surface area contributed by atoms with E-state index >= 15 is 0 Å². The van der Waals surface area contributed by atoms with Crippen molar-refractivity contribution in [3.63, 3.8) is 0 Å². The summed E-state index contributed by atoms with van der Waals surface area (Å²) in [5, 5.41) is 12.3. The first-order valence-electron chi connectivity index (χ1n) is 9.20. The van der Waals surface area contributed by atoms with Gasteiger partial charge in [0, 0.05) is 12.0 Å². The molecule has 1 heterocycles. The monoisotopic (exact) mass is 374 g/mol. The first-order valence-corrected chi connectivity index (χ1v) is 10.1. The Morgan fingerprint density at radius 2 is 1.88 bits per heavy atom. The van der Waals surface area contributed by atoms with Gasteiger partial charge in [0.15, 0.2) is 5.16 Å². The van der Waals surface area contributed by atoms with Crippen LogP contribution in [0.2, 0.25) is 0 Å². The van der Waals surface area contributed by atoms with Crippen molar-refractivity contribution in [2.45, 2.75) is 67.9 Å². The fraction of sp³-hybridized carbons (Fsp3) is 0.526. The van der Waals surface area contributed by atoms with Crippen molar-refractivity contribution in [3.8, 4) is 0 Å². The Kier molecular flexibility index (Phi) is 4.73. The lowest BCUT2D eigenvalue weighted by Gasteiger charge is -2.18. The number of benzene rings is 1. The van der Waals surface area contributed by atoms with E-state index in [1.807, 2.05) is 13.8 Å². The highest BCUT2D eigenvalue weighted by atomic mass is 32.2. The minimum Gasteiger partial charge on any atom is -0.349 e. The predicted octanol–water partition coefficient (Wildman–Crippen LogP) is 3.99. The normalized spacial score (nSPS) is 19.2. The zero-order chi connectivity index (χ0) is 18.3. The van der Waals surface area contributed by atoms with Crippen molar-refractivity contribution in [1.82, 2.24) is 20.1 Å². The van der Waals surface area contributed by atoms with Gasteiger partial charge in [-0.3, -0.25) is 4.79 Å². The average molecular weight is 374 g/mol. The molecule has 0 radical (unpaired) electrons. The van der Waals surface area contributed by atoms with E-state index in [1.54, 1.807) is 12.1 Å². The Bertz CT molecular complexity index is 798. The number of nitrogens with one attached hydrogen (secondary N) is 1. The number of carbonyl (C=O) groups is 1. The van der Waals surface area contributed by atoms with Crippen LogP contribution < -0.4 is 5.32 Å². The lowest BCUT2D eigenvalue weighted by Crippen LogP contribution is -2.33. The van der Waals surface area contributed by atoms with E-state index in [2.05, 4.69) is 20.1 Å². The van der Waals surface area contributed by atoms with E-state index in [0.29, 0.717) is 12.0 Å². The Morgan fingerprint density at radius 1 is 1.19 bits per heavy atom. The quantitative estimate of drug-likeness (QED) is 0.745. The Morgan fingerprint density at radius 3 is 2.50 bits per heavy atom. The molecule has 0 aliphatic heterocycles. The highest BCUT2D eigenvalue weighted by molar-refractivity contribution is 8.00. The maximum Gasteiger partial charge on any atom is 0.233 e. The molecule has 2 saturated carbocycles. The maximum absolute atomic E-state index is 13.0. The zero-order valence-corrected chi connectivity index (χ0v) is 15.8. The van der Waals surface area contributed by atoms with Crippen LogP contribution >= 0.6 is 11.8 Å². The number of halogens is 1. The Labute approximate surface area is 156 Å². The second kappa shape index (κ2) is 7.02. The molecule has 1 aromatic carbocycles. The Balaban J connectivity index is 1.40. The lowest BCUT2D eigenvalue weighted by molar-refractivity contribution is -0.120. The first-order chi connectivity index (χ1) is 12.5. The zero-order valence-electron chi connectivity index (χ0n) is 15.0. The molecule has 7 heteroatoms. The number of thioether (sulfide) groups is 1. The number of nitrogens with zero attached hydrogens (tertiary/aromatic N) is 3. The summed E-state index contributed by atoms with van der Waals surface area (Å²) in [5.74, 6) is 1.33. The van der Waals surface area contributed by atoms with Gasteiger partial charge in [-0.15, -0.1) is 10.2 Å². The lowest BCUT2D eigenvalue weighted by atomic mass is 10.1. The van der Waals surface area contributed by atoms with Gasteiger partial charge in [-0.25, -0.2) is 4.39 Å². The molecule has 1 N–H and O–H groups in total. The third-order valence-electron chi connectivity index (χ3n) is 4.93. The third kappa shape index (κ3) is 3.77. The molecule has 26 heavy (non-hydrogen) atoms. The second-order valence-electron chi connectivity index (χ2n) is 7.26. The van der Waals surface area contributed by atoms with Crippen molar-refractivity contribution in [3.05, 3.63) is 41.5 Å². The van der Waals surface area contributed by atoms with Gasteiger partial charge in [-0.2, -0.15) is 0 Å². The number of rotatable bonds is 7. The van der Waals surface area contributed by atoms with Gasteiger partial charge in [0.2, 0.25) is 5.91 Å². The van der Waals surface area contributed by atoms with Gasteiger partial charge < -0.3 is 9.88 Å². The fourth-order valence-electron chi connectivity index (χ4n) is 3.04. The number of amides is 1. The van der Waals surface area contributed by atoms with Gasteiger partial charge in [-0.1, -0.05) is 23.9 Å². The highest BCUT2D eigenvalue weighted by Gasteiger charge is 2.37. The Hall–Kier alpha value is -1.89. The fourth-order valence-corrected chi connectivity index (χ4v) is 3.98. The van der Waals surface area contributed by atoms with E-state index < -0.39 is 0 Å². The van der Waals surface area contributed by atoms with E-state index in [1.165, 1.54) is 49.6 Å². The molecule has 0 bridgehead atoms. The minimum absolute atomic E-state index is 0.0508. The average Bonchev–Trinajstić information content (AvgIpc) is 3.54. The van der Waals surface area contributed by atoms with E-state index in [9.17, 15) is 9.18 Å². The number of hydrogen-bond acceptors (Lipinski definition) is 4. The summed E-state index contributed by atoms with van der Waals surface area (Å²) in [6, 6.07) is 6.56. The van der Waals surface area contributed by atoms with Crippen LogP contribution in [-0.2, 0) is 4.79 Å². The van der Waals surface area contributed by atoms with Crippen molar-refractivity contribution in [1.29, 1.82) is 0 Å². The molecule has 4 rings (SSSR count). The molecule has 2 aliphatic rings. The second-order valence-corrected chi connectivity index (χ2v) is 8.57. The SMILES string of the molecule is C[C@H](NC(=O)[C@@H](C)Sc1nnc(C2CC2)n1C1CC1)c1ccc(F)cc1. The maximum atomic E-state index is 13.0. The van der Waals surface area contributed by atoms with Crippen LogP contribution in [0, 0.1) is 5.82 Å². The minimum atomic E-state index is -0.276. The van der Waals surface area contributed by atoms with Crippen LogP contribution in [0.4, 0.5) is 4.39 Å². The van der Waals surface area contributed by atoms with E-state index in [-0.39, 0.29) is 23.0 Å². The van der Waals surface area contributed by atoms with Gasteiger partial charge in [0.25, 0.3) is 0 Å². The molecule has 0 unspecified atom stereocenters. The summed E-state index contributed by atoms with van der Waals surface area (Å²) in [6.07, 6.45) is 4.74. The molecule has 2 aliphatic carbocycles. The summed E-state index contributed by atoms with van der Waals surface area (Å²) in [6.45, 7) is 3.79. The topological polar surface area (TPSA) is 59.8 Å². The summed E-state index contributed by atoms with van der Waals surface area (Å²) in [4.78, 5) is 12.6. The van der Waals surface area contributed by atoms with Crippen molar-refractivity contribution in [2.75, 3.05) is 0 Å². The molecule has 0 spiro atoms. The molecule has 1 amide bonds. The van der Waals surface area contributed by atoms with Crippen molar-refractivity contribution < 1.29 is 9.18 Å². The summed E-state index contributed by atoms with van der Waals surface area (Å²) in [5.41, 5.74) is 0.883. The molecule has 2 atom stereocenters. The summed E-state index contributed by atoms with van der Waals surface area (Å²) < 4.78 is 15.3. The van der Waals surface area contributed by atoms with Gasteiger partial charge in [0.1, 0.15) is 11.6 Å². The van der Waals surface area contributed by atoms with Crippen LogP contribution in [0.1, 0.15) is 68.9 Å². The van der Waals surface area contributed by atoms with Gasteiger partial charge >= 0.3 is 0 Å². The van der Waals surface area contributed by atoms with Gasteiger partial charge in [-0.05, 0) is 57.2 Å².